The zero-order valence-corrected chi connectivity index (χ0v) is 21.1. The van der Waals surface area contributed by atoms with Gasteiger partial charge in [0.15, 0.2) is 5.78 Å². The number of carbonyl (C=O) groups excluding carboxylic acids is 3. The van der Waals surface area contributed by atoms with Crippen LogP contribution in [0.15, 0.2) is 84.9 Å². The van der Waals surface area contributed by atoms with Gasteiger partial charge in [-0.15, -0.1) is 0 Å². The van der Waals surface area contributed by atoms with E-state index >= 15 is 0 Å². The quantitative estimate of drug-likeness (QED) is 0.354. The van der Waals surface area contributed by atoms with Crippen LogP contribution in [0.25, 0.3) is 0 Å². The van der Waals surface area contributed by atoms with E-state index in [1.165, 1.54) is 6.92 Å². The van der Waals surface area contributed by atoms with E-state index < -0.39 is 41.1 Å². The SMILES string of the molecule is CCc1ccc([C@@H]2[C@H](C(=O)OCc3ccccc3)C(=O)C[C@](C)(O)[C@@H]2C(=O)OCc2ccccc2)cc1. The lowest BCUT2D eigenvalue weighted by atomic mass is 9.61. The molecule has 0 spiro atoms. The van der Waals surface area contributed by atoms with Gasteiger partial charge in [0.1, 0.15) is 19.1 Å². The van der Waals surface area contributed by atoms with E-state index in [0.717, 1.165) is 23.1 Å². The molecule has 3 aromatic rings. The second-order valence-electron chi connectivity index (χ2n) is 9.76. The third kappa shape index (κ3) is 6.15. The van der Waals surface area contributed by atoms with Crippen molar-refractivity contribution in [1.29, 1.82) is 0 Å². The fourth-order valence-corrected chi connectivity index (χ4v) is 5.03. The van der Waals surface area contributed by atoms with Crippen LogP contribution in [0.5, 0.6) is 0 Å². The number of esters is 2. The molecule has 0 saturated heterocycles. The molecule has 0 aliphatic heterocycles. The molecule has 1 N–H and O–H groups in total. The predicted octanol–water partition coefficient (Wildman–Crippen LogP) is 4.78. The average Bonchev–Trinajstić information content (AvgIpc) is 2.90. The van der Waals surface area contributed by atoms with Gasteiger partial charge in [-0.3, -0.25) is 14.4 Å². The molecule has 1 fully saturated rings. The molecule has 4 rings (SSSR count). The molecule has 6 heteroatoms. The summed E-state index contributed by atoms with van der Waals surface area (Å²) in [7, 11) is 0. The molecule has 0 unspecified atom stereocenters. The highest BCUT2D eigenvalue weighted by Crippen LogP contribution is 2.47. The first-order valence-corrected chi connectivity index (χ1v) is 12.5. The number of hydrogen-bond acceptors (Lipinski definition) is 6. The van der Waals surface area contributed by atoms with E-state index in [1.54, 1.807) is 0 Å². The summed E-state index contributed by atoms with van der Waals surface area (Å²) >= 11 is 0. The second-order valence-corrected chi connectivity index (χ2v) is 9.76. The van der Waals surface area contributed by atoms with Crippen molar-refractivity contribution < 1.29 is 29.0 Å². The van der Waals surface area contributed by atoms with Crippen LogP contribution in [-0.4, -0.2) is 28.4 Å². The van der Waals surface area contributed by atoms with E-state index in [1.807, 2.05) is 91.9 Å². The zero-order valence-electron chi connectivity index (χ0n) is 21.1. The summed E-state index contributed by atoms with van der Waals surface area (Å²) in [5.41, 5.74) is 1.56. The Hall–Kier alpha value is -3.77. The average molecular weight is 501 g/mol. The fourth-order valence-electron chi connectivity index (χ4n) is 5.03. The molecular formula is C31H32O6. The fraction of sp³-hybridized carbons (Fsp3) is 0.323. The number of ether oxygens (including phenoxy) is 2. The Morgan fingerprint density at radius 1 is 0.811 bits per heavy atom. The summed E-state index contributed by atoms with van der Waals surface area (Å²) in [6.45, 7) is 3.50. The highest BCUT2D eigenvalue weighted by atomic mass is 16.5. The Morgan fingerprint density at radius 2 is 1.32 bits per heavy atom. The summed E-state index contributed by atoms with van der Waals surface area (Å²) in [5, 5.41) is 11.3. The first-order valence-electron chi connectivity index (χ1n) is 12.5. The standard InChI is InChI=1S/C31H32O6/c1-3-21-14-16-24(17-15-21)26-27(29(33)36-19-22-10-6-4-7-11-22)25(32)18-31(2,35)28(26)30(34)37-20-23-12-8-5-9-13-23/h4-17,26-28,35H,3,18-20H2,1-2H3/t26-,27-,28+,31+/m1/s1. The number of hydrogen-bond donors (Lipinski definition) is 1. The first-order chi connectivity index (χ1) is 17.8. The molecular weight excluding hydrogens is 468 g/mol. The molecule has 6 nitrogen and oxygen atoms in total. The topological polar surface area (TPSA) is 89.9 Å². The van der Waals surface area contributed by atoms with Crippen molar-refractivity contribution in [2.24, 2.45) is 11.8 Å². The van der Waals surface area contributed by atoms with Gasteiger partial charge in [0.2, 0.25) is 0 Å². The lowest BCUT2D eigenvalue weighted by Gasteiger charge is -2.43. The van der Waals surface area contributed by atoms with Crippen molar-refractivity contribution in [2.45, 2.75) is 51.4 Å². The largest absolute Gasteiger partial charge is 0.461 e. The van der Waals surface area contributed by atoms with Crippen LogP contribution in [0.2, 0.25) is 0 Å². The van der Waals surface area contributed by atoms with Crippen molar-refractivity contribution >= 4 is 17.7 Å². The normalized spacial score (nSPS) is 23.3. The molecule has 192 valence electrons. The number of benzene rings is 3. The number of ketones is 1. The first kappa shape index (κ1) is 26.3. The number of aliphatic hydroxyl groups is 1. The van der Waals surface area contributed by atoms with Crippen LogP contribution in [0.4, 0.5) is 0 Å². The van der Waals surface area contributed by atoms with Crippen molar-refractivity contribution in [2.75, 3.05) is 0 Å². The highest BCUT2D eigenvalue weighted by molar-refractivity contribution is 6.02. The van der Waals surface area contributed by atoms with E-state index in [0.29, 0.717) is 5.56 Å². The monoisotopic (exact) mass is 500 g/mol. The van der Waals surface area contributed by atoms with Crippen LogP contribution in [0, 0.1) is 11.8 Å². The van der Waals surface area contributed by atoms with Gasteiger partial charge in [0, 0.05) is 12.3 Å². The second kappa shape index (κ2) is 11.5. The molecule has 1 aliphatic carbocycles. The maximum Gasteiger partial charge on any atom is 0.317 e. The van der Waals surface area contributed by atoms with Gasteiger partial charge in [-0.05, 0) is 35.6 Å². The number of aryl methyl sites for hydroxylation is 1. The maximum atomic E-state index is 13.5. The van der Waals surface area contributed by atoms with Gasteiger partial charge in [0.05, 0.1) is 11.5 Å². The minimum Gasteiger partial charge on any atom is -0.461 e. The molecule has 1 saturated carbocycles. The van der Waals surface area contributed by atoms with Gasteiger partial charge in [-0.1, -0.05) is 91.9 Å². The van der Waals surface area contributed by atoms with Crippen LogP contribution in [0.3, 0.4) is 0 Å². The lowest BCUT2D eigenvalue weighted by molar-refractivity contribution is -0.174. The van der Waals surface area contributed by atoms with E-state index in [4.69, 9.17) is 9.47 Å². The van der Waals surface area contributed by atoms with Crippen LogP contribution in [-0.2, 0) is 43.5 Å². The van der Waals surface area contributed by atoms with Crippen molar-refractivity contribution in [3.63, 3.8) is 0 Å². The van der Waals surface area contributed by atoms with Crippen LogP contribution < -0.4 is 0 Å². The Bertz CT molecular complexity index is 1220. The molecule has 0 bridgehead atoms. The number of carbonyl (C=O) groups is 3. The predicted molar refractivity (Wildman–Crippen MR) is 138 cm³/mol. The summed E-state index contributed by atoms with van der Waals surface area (Å²) < 4.78 is 11.2. The smallest absolute Gasteiger partial charge is 0.317 e. The molecule has 4 atom stereocenters. The highest BCUT2D eigenvalue weighted by Gasteiger charge is 2.57. The van der Waals surface area contributed by atoms with E-state index in [-0.39, 0.29) is 19.6 Å². The Kier molecular flexibility index (Phi) is 8.19. The van der Waals surface area contributed by atoms with E-state index in [9.17, 15) is 19.5 Å². The van der Waals surface area contributed by atoms with Crippen molar-refractivity contribution in [3.8, 4) is 0 Å². The minimum atomic E-state index is -1.70. The number of Topliss-reactive ketones (excluding diaryl/α,β-unsaturated/α-hetero) is 1. The third-order valence-electron chi connectivity index (χ3n) is 7.00. The molecule has 0 aromatic heterocycles. The van der Waals surface area contributed by atoms with E-state index in [2.05, 4.69) is 0 Å². The third-order valence-corrected chi connectivity index (χ3v) is 7.00. The Morgan fingerprint density at radius 3 is 1.84 bits per heavy atom. The summed E-state index contributed by atoms with van der Waals surface area (Å²) in [6.07, 6.45) is 0.458. The molecule has 0 amide bonds. The van der Waals surface area contributed by atoms with Crippen molar-refractivity contribution in [1.82, 2.24) is 0 Å². The summed E-state index contributed by atoms with van der Waals surface area (Å²) in [4.78, 5) is 40.2. The summed E-state index contributed by atoms with van der Waals surface area (Å²) in [6, 6.07) is 25.8. The van der Waals surface area contributed by atoms with Gasteiger partial charge >= 0.3 is 11.9 Å². The van der Waals surface area contributed by atoms with Crippen molar-refractivity contribution in [3.05, 3.63) is 107 Å². The maximum absolute atomic E-state index is 13.5. The molecule has 1 aliphatic rings. The Balaban J connectivity index is 1.67. The summed E-state index contributed by atoms with van der Waals surface area (Å²) in [5.74, 6) is -5.16. The molecule has 0 heterocycles. The van der Waals surface area contributed by atoms with Crippen LogP contribution in [0.1, 0.15) is 48.4 Å². The number of rotatable bonds is 8. The van der Waals surface area contributed by atoms with Gasteiger partial charge in [-0.25, -0.2) is 0 Å². The van der Waals surface area contributed by atoms with Gasteiger partial charge < -0.3 is 14.6 Å². The molecule has 37 heavy (non-hydrogen) atoms. The Labute approximate surface area is 217 Å². The molecule has 3 aromatic carbocycles. The zero-order chi connectivity index (χ0) is 26.4. The minimum absolute atomic E-state index is 0.00442. The van der Waals surface area contributed by atoms with Crippen LogP contribution >= 0.6 is 0 Å². The molecule has 0 radical (unpaired) electrons. The lowest BCUT2D eigenvalue weighted by Crippen LogP contribution is -2.55. The van der Waals surface area contributed by atoms with Gasteiger partial charge in [0.25, 0.3) is 0 Å². The van der Waals surface area contributed by atoms with Gasteiger partial charge in [-0.2, -0.15) is 0 Å².